The zero-order chi connectivity index (χ0) is 18.3. The molecular formula is C22H37IN2O. The van der Waals surface area contributed by atoms with E-state index in [0.717, 1.165) is 40.8 Å². The number of unbranched alkanes of at least 4 members (excludes halogenated alkanes) is 2. The Bertz CT molecular complexity index is 545. The van der Waals surface area contributed by atoms with E-state index in [1.165, 1.54) is 45.1 Å². The van der Waals surface area contributed by atoms with Crippen LogP contribution in [0.5, 0.6) is 0 Å². The summed E-state index contributed by atoms with van der Waals surface area (Å²) in [4.78, 5) is 13.3. The van der Waals surface area contributed by atoms with Crippen LogP contribution in [0.25, 0.3) is 0 Å². The Morgan fingerprint density at radius 3 is 2.19 bits per heavy atom. The van der Waals surface area contributed by atoms with Crippen molar-refractivity contribution in [1.82, 2.24) is 0 Å². The quantitative estimate of drug-likeness (QED) is 0.457. The van der Waals surface area contributed by atoms with E-state index in [-0.39, 0.29) is 35.9 Å². The number of hydrogen-bond acceptors (Lipinski definition) is 1. The summed E-state index contributed by atoms with van der Waals surface area (Å²) in [7, 11) is 0. The van der Waals surface area contributed by atoms with Crippen molar-refractivity contribution in [2.45, 2.75) is 78.7 Å². The predicted octanol–water partition coefficient (Wildman–Crippen LogP) is 2.22. The summed E-state index contributed by atoms with van der Waals surface area (Å²) in [6, 6.07) is 6.34. The smallest absolute Gasteiger partial charge is 0.282 e. The van der Waals surface area contributed by atoms with Crippen molar-refractivity contribution in [2.75, 3.05) is 25.0 Å². The topological polar surface area (TPSA) is 29.1 Å². The highest BCUT2D eigenvalue weighted by Crippen LogP contribution is 2.30. The highest BCUT2D eigenvalue weighted by atomic mass is 127. The molecule has 0 aliphatic carbocycles. The molecule has 3 nitrogen and oxygen atoms in total. The van der Waals surface area contributed by atoms with Crippen LogP contribution in [0.2, 0.25) is 0 Å². The molecule has 1 fully saturated rings. The Kier molecular flexibility index (Phi) is 10.2. The molecule has 1 saturated heterocycles. The number of carbonyl (C=O) groups excluding carboxylic acids is 1. The van der Waals surface area contributed by atoms with Crippen LogP contribution < -0.4 is 29.3 Å². The van der Waals surface area contributed by atoms with Crippen LogP contribution in [0.15, 0.2) is 18.2 Å². The van der Waals surface area contributed by atoms with E-state index in [0.29, 0.717) is 0 Å². The number of para-hydroxylation sites is 1. The summed E-state index contributed by atoms with van der Waals surface area (Å²) in [5.74, 6) is 0.240. The van der Waals surface area contributed by atoms with E-state index >= 15 is 0 Å². The minimum Gasteiger partial charge on any atom is -1.00 e. The molecule has 1 atom stereocenters. The van der Waals surface area contributed by atoms with Gasteiger partial charge in [0.15, 0.2) is 6.04 Å². The fourth-order valence-corrected chi connectivity index (χ4v) is 4.39. The highest BCUT2D eigenvalue weighted by molar-refractivity contribution is 5.95. The number of benzene rings is 1. The van der Waals surface area contributed by atoms with Crippen LogP contribution in [0.1, 0.15) is 69.9 Å². The summed E-state index contributed by atoms with van der Waals surface area (Å²) < 4.78 is 1.01. The van der Waals surface area contributed by atoms with Crippen LogP contribution in [0.3, 0.4) is 0 Å². The van der Waals surface area contributed by atoms with Gasteiger partial charge in [-0.25, -0.2) is 0 Å². The molecular weight excluding hydrogens is 435 g/mol. The van der Waals surface area contributed by atoms with Gasteiger partial charge in [-0.3, -0.25) is 4.79 Å². The molecule has 0 aromatic heterocycles. The van der Waals surface area contributed by atoms with Crippen molar-refractivity contribution in [3.8, 4) is 0 Å². The largest absolute Gasteiger partial charge is 1.00 e. The molecule has 0 radical (unpaired) electrons. The van der Waals surface area contributed by atoms with Gasteiger partial charge in [-0.1, -0.05) is 44.9 Å². The maximum atomic E-state index is 13.3. The van der Waals surface area contributed by atoms with Gasteiger partial charge in [0.05, 0.1) is 19.6 Å². The number of carbonyl (C=O) groups is 1. The van der Waals surface area contributed by atoms with E-state index in [4.69, 9.17) is 0 Å². The van der Waals surface area contributed by atoms with Crippen LogP contribution in [-0.2, 0) is 4.79 Å². The van der Waals surface area contributed by atoms with Gasteiger partial charge in [-0.15, -0.1) is 0 Å². The first-order valence-corrected chi connectivity index (χ1v) is 10.3. The van der Waals surface area contributed by atoms with Gasteiger partial charge in [0, 0.05) is 12.1 Å². The van der Waals surface area contributed by atoms with E-state index in [9.17, 15) is 4.79 Å². The lowest BCUT2D eigenvalue weighted by molar-refractivity contribution is -0.947. The standard InChI is InChI=1S/C22H36N2O.HI/c1-5-7-15-24(16-8-6-2)17-10-9-14-20(24)22(25)23-21-18(3)12-11-13-19(21)4;/h11-13,20H,5-10,14-17H2,1-4H3;1H/t20-;/m0./s1. The lowest BCUT2D eigenvalue weighted by atomic mass is 9.95. The molecule has 0 bridgehead atoms. The minimum absolute atomic E-state index is 0. The lowest BCUT2D eigenvalue weighted by Gasteiger charge is -2.47. The molecule has 0 saturated carbocycles. The maximum absolute atomic E-state index is 13.3. The monoisotopic (exact) mass is 472 g/mol. The molecule has 4 heteroatoms. The molecule has 0 unspecified atom stereocenters. The molecule has 1 heterocycles. The molecule has 1 amide bonds. The Morgan fingerprint density at radius 2 is 1.65 bits per heavy atom. The molecule has 1 aromatic rings. The number of anilines is 1. The van der Waals surface area contributed by atoms with Gasteiger partial charge in [-0.05, 0) is 50.7 Å². The number of amides is 1. The molecule has 2 rings (SSSR count). The third kappa shape index (κ3) is 5.69. The Balaban J connectivity index is 0.00000338. The zero-order valence-corrected chi connectivity index (χ0v) is 19.3. The van der Waals surface area contributed by atoms with Crippen molar-refractivity contribution in [1.29, 1.82) is 0 Å². The number of hydrogen-bond donors (Lipinski definition) is 1. The maximum Gasteiger partial charge on any atom is 0.282 e. The van der Waals surface area contributed by atoms with Gasteiger partial charge < -0.3 is 33.8 Å². The van der Waals surface area contributed by atoms with E-state index in [2.05, 4.69) is 51.2 Å². The first kappa shape index (κ1) is 23.4. The van der Waals surface area contributed by atoms with Gasteiger partial charge in [0.2, 0.25) is 0 Å². The number of nitrogens with zero attached hydrogens (tertiary/aromatic N) is 1. The fraction of sp³-hybridized carbons (Fsp3) is 0.682. The second-order valence-electron chi connectivity index (χ2n) is 7.86. The predicted molar refractivity (Wildman–Crippen MR) is 107 cm³/mol. The molecule has 148 valence electrons. The summed E-state index contributed by atoms with van der Waals surface area (Å²) >= 11 is 0. The molecule has 1 N–H and O–H groups in total. The highest BCUT2D eigenvalue weighted by Gasteiger charge is 2.43. The number of quaternary nitrogens is 1. The molecule has 26 heavy (non-hydrogen) atoms. The lowest BCUT2D eigenvalue weighted by Crippen LogP contribution is -3.00. The average molecular weight is 472 g/mol. The summed E-state index contributed by atoms with van der Waals surface area (Å²) in [6.45, 7) is 12.2. The molecule has 1 aliphatic rings. The summed E-state index contributed by atoms with van der Waals surface area (Å²) in [6.07, 6.45) is 8.33. The average Bonchev–Trinajstić information content (AvgIpc) is 2.61. The normalized spacial score (nSPS) is 18.8. The number of halogens is 1. The van der Waals surface area contributed by atoms with Gasteiger partial charge >= 0.3 is 0 Å². The fourth-order valence-electron chi connectivity index (χ4n) is 4.39. The number of likely N-dealkylation sites (tertiary alicyclic amines) is 1. The van der Waals surface area contributed by atoms with E-state index in [1.807, 2.05) is 0 Å². The van der Waals surface area contributed by atoms with E-state index < -0.39 is 0 Å². The third-order valence-corrected chi connectivity index (χ3v) is 5.94. The van der Waals surface area contributed by atoms with Crippen molar-refractivity contribution in [3.63, 3.8) is 0 Å². The summed E-state index contributed by atoms with van der Waals surface area (Å²) in [5.41, 5.74) is 3.33. The van der Waals surface area contributed by atoms with Crippen molar-refractivity contribution < 1.29 is 33.3 Å². The molecule has 1 aliphatic heterocycles. The Hall–Kier alpha value is -0.620. The van der Waals surface area contributed by atoms with Crippen LogP contribution in [0.4, 0.5) is 5.69 Å². The number of nitrogens with one attached hydrogen (secondary N) is 1. The molecule has 1 aromatic carbocycles. The van der Waals surface area contributed by atoms with Crippen LogP contribution in [-0.4, -0.2) is 36.1 Å². The second kappa shape index (κ2) is 11.3. The third-order valence-electron chi connectivity index (χ3n) is 5.94. The second-order valence-corrected chi connectivity index (χ2v) is 7.86. The zero-order valence-electron chi connectivity index (χ0n) is 17.1. The first-order valence-electron chi connectivity index (χ1n) is 10.3. The number of aryl methyl sites for hydroxylation is 2. The van der Waals surface area contributed by atoms with Gasteiger partial charge in [0.25, 0.3) is 5.91 Å². The SMILES string of the molecule is CCCC[N+]1(CCCC)CCCC[C@H]1C(=O)Nc1c(C)cccc1C.[I-]. The van der Waals surface area contributed by atoms with Crippen molar-refractivity contribution in [2.24, 2.45) is 0 Å². The summed E-state index contributed by atoms with van der Waals surface area (Å²) in [5, 5.41) is 3.30. The minimum atomic E-state index is 0. The Labute approximate surface area is 177 Å². The first-order chi connectivity index (χ1) is 12.0. The van der Waals surface area contributed by atoms with Gasteiger partial charge in [-0.2, -0.15) is 0 Å². The molecule has 0 spiro atoms. The van der Waals surface area contributed by atoms with Crippen LogP contribution >= 0.6 is 0 Å². The number of rotatable bonds is 8. The van der Waals surface area contributed by atoms with Crippen LogP contribution in [0, 0.1) is 13.8 Å². The number of piperidine rings is 1. The van der Waals surface area contributed by atoms with E-state index in [1.54, 1.807) is 0 Å². The Morgan fingerprint density at radius 1 is 1.08 bits per heavy atom. The van der Waals surface area contributed by atoms with Crippen molar-refractivity contribution in [3.05, 3.63) is 29.3 Å². The van der Waals surface area contributed by atoms with Crippen molar-refractivity contribution >= 4 is 11.6 Å². The van der Waals surface area contributed by atoms with Gasteiger partial charge in [0.1, 0.15) is 0 Å².